The molecule has 0 aliphatic carbocycles. The summed E-state index contributed by atoms with van der Waals surface area (Å²) in [5.74, 6) is 1.27. The minimum absolute atomic E-state index is 0.104. The fraction of sp³-hybridized carbons (Fsp3) is 0.296. The van der Waals surface area contributed by atoms with Gasteiger partial charge < -0.3 is 19.5 Å². The summed E-state index contributed by atoms with van der Waals surface area (Å²) in [6, 6.07) is 23.8. The highest BCUT2D eigenvalue weighted by Crippen LogP contribution is 2.39. The molecule has 0 bridgehead atoms. The van der Waals surface area contributed by atoms with Crippen molar-refractivity contribution in [3.63, 3.8) is 0 Å². The van der Waals surface area contributed by atoms with Crippen molar-refractivity contribution in [2.45, 2.75) is 25.6 Å². The van der Waals surface area contributed by atoms with Crippen LogP contribution in [-0.2, 0) is 13.2 Å². The van der Waals surface area contributed by atoms with Crippen LogP contribution in [0.15, 0.2) is 72.8 Å². The van der Waals surface area contributed by atoms with E-state index in [-0.39, 0.29) is 11.9 Å². The van der Waals surface area contributed by atoms with Gasteiger partial charge in [0.2, 0.25) is 5.75 Å². The third-order valence-corrected chi connectivity index (χ3v) is 5.81. The molecule has 1 atom stereocenters. The lowest BCUT2D eigenvalue weighted by Crippen LogP contribution is -2.37. The van der Waals surface area contributed by atoms with Gasteiger partial charge in [0.05, 0.1) is 14.2 Å². The molecule has 1 heterocycles. The van der Waals surface area contributed by atoms with E-state index in [0.29, 0.717) is 29.4 Å². The Morgan fingerprint density at radius 3 is 2.15 bits per heavy atom. The Hall–Kier alpha value is -3.51. The standard InChI is InChI=1S/C27H30N2O4/c1-31-24-15-22(16-25(32-2)26(24)33-19-21-11-7-4-8-12-21)27(30)28-23-13-14-29(18-23)17-20-9-5-3-6-10-20/h3-12,15-16,23H,13-14,17-19H2,1-2H3,(H,28,30). The lowest BCUT2D eigenvalue weighted by molar-refractivity contribution is 0.0936. The molecule has 1 aliphatic rings. The SMILES string of the molecule is COc1cc(C(=O)NC2CCN(Cc3ccccc3)C2)cc(OC)c1OCc1ccccc1. The molecule has 6 heteroatoms. The number of likely N-dealkylation sites (tertiary alicyclic amines) is 1. The first-order chi connectivity index (χ1) is 16.2. The van der Waals surface area contributed by atoms with E-state index in [0.717, 1.165) is 31.6 Å². The molecule has 0 saturated carbocycles. The first kappa shape index (κ1) is 22.7. The van der Waals surface area contributed by atoms with Gasteiger partial charge in [-0.25, -0.2) is 0 Å². The smallest absolute Gasteiger partial charge is 0.251 e. The minimum atomic E-state index is -0.146. The molecular formula is C27H30N2O4. The summed E-state index contributed by atoms with van der Waals surface area (Å²) in [5.41, 5.74) is 2.80. The molecule has 0 aromatic heterocycles. The molecule has 1 amide bonds. The van der Waals surface area contributed by atoms with Crippen LogP contribution >= 0.6 is 0 Å². The second-order valence-electron chi connectivity index (χ2n) is 8.16. The van der Waals surface area contributed by atoms with Crippen LogP contribution in [0.25, 0.3) is 0 Å². The molecule has 0 radical (unpaired) electrons. The molecule has 0 spiro atoms. The van der Waals surface area contributed by atoms with Gasteiger partial charge in [0, 0.05) is 31.2 Å². The maximum atomic E-state index is 13.0. The number of carbonyl (C=O) groups excluding carboxylic acids is 1. The second kappa shape index (κ2) is 10.9. The van der Waals surface area contributed by atoms with E-state index in [1.807, 2.05) is 36.4 Å². The Morgan fingerprint density at radius 1 is 0.939 bits per heavy atom. The zero-order chi connectivity index (χ0) is 23.0. The molecule has 4 rings (SSSR count). The number of ether oxygens (including phenoxy) is 3. The van der Waals surface area contributed by atoms with E-state index in [1.54, 1.807) is 26.4 Å². The average molecular weight is 447 g/mol. The van der Waals surface area contributed by atoms with Crippen molar-refractivity contribution in [3.8, 4) is 17.2 Å². The topological polar surface area (TPSA) is 60.0 Å². The van der Waals surface area contributed by atoms with Crippen molar-refractivity contribution in [1.29, 1.82) is 0 Å². The summed E-state index contributed by atoms with van der Waals surface area (Å²) in [7, 11) is 3.12. The van der Waals surface area contributed by atoms with E-state index >= 15 is 0 Å². The highest BCUT2D eigenvalue weighted by Gasteiger charge is 2.25. The van der Waals surface area contributed by atoms with E-state index in [9.17, 15) is 4.79 Å². The lowest BCUT2D eigenvalue weighted by Gasteiger charge is -2.18. The van der Waals surface area contributed by atoms with Crippen molar-refractivity contribution >= 4 is 5.91 Å². The van der Waals surface area contributed by atoms with E-state index in [4.69, 9.17) is 14.2 Å². The first-order valence-electron chi connectivity index (χ1n) is 11.2. The minimum Gasteiger partial charge on any atom is -0.493 e. The average Bonchev–Trinajstić information content (AvgIpc) is 3.29. The number of carbonyl (C=O) groups is 1. The number of methoxy groups -OCH3 is 2. The first-order valence-corrected chi connectivity index (χ1v) is 11.2. The summed E-state index contributed by atoms with van der Waals surface area (Å²) < 4.78 is 17.0. The third kappa shape index (κ3) is 5.84. The molecule has 1 fully saturated rings. The van der Waals surface area contributed by atoms with Crippen LogP contribution in [0, 0.1) is 0 Å². The number of rotatable bonds is 9. The van der Waals surface area contributed by atoms with Crippen molar-refractivity contribution in [2.24, 2.45) is 0 Å². The molecular weight excluding hydrogens is 416 g/mol. The fourth-order valence-electron chi connectivity index (χ4n) is 4.09. The zero-order valence-corrected chi connectivity index (χ0v) is 19.1. The van der Waals surface area contributed by atoms with Gasteiger partial charge in [-0.15, -0.1) is 0 Å². The number of amides is 1. The number of hydrogen-bond donors (Lipinski definition) is 1. The van der Waals surface area contributed by atoms with E-state index < -0.39 is 0 Å². The molecule has 3 aromatic rings. The maximum Gasteiger partial charge on any atom is 0.251 e. The molecule has 33 heavy (non-hydrogen) atoms. The summed E-state index contributed by atoms with van der Waals surface area (Å²) in [6.45, 7) is 3.05. The maximum absolute atomic E-state index is 13.0. The van der Waals surface area contributed by atoms with Crippen LogP contribution in [0.4, 0.5) is 0 Å². The van der Waals surface area contributed by atoms with Crippen LogP contribution in [0.3, 0.4) is 0 Å². The van der Waals surface area contributed by atoms with Crippen LogP contribution in [0.2, 0.25) is 0 Å². The van der Waals surface area contributed by atoms with Gasteiger partial charge in [-0.3, -0.25) is 9.69 Å². The molecule has 6 nitrogen and oxygen atoms in total. The third-order valence-electron chi connectivity index (χ3n) is 5.81. The van der Waals surface area contributed by atoms with Crippen LogP contribution in [0.1, 0.15) is 27.9 Å². The summed E-state index contributed by atoms with van der Waals surface area (Å²) in [4.78, 5) is 15.4. The molecule has 1 aliphatic heterocycles. The fourth-order valence-corrected chi connectivity index (χ4v) is 4.09. The van der Waals surface area contributed by atoms with Crippen LogP contribution in [-0.4, -0.2) is 44.2 Å². The van der Waals surface area contributed by atoms with Crippen molar-refractivity contribution in [1.82, 2.24) is 10.2 Å². The summed E-state index contributed by atoms with van der Waals surface area (Å²) >= 11 is 0. The lowest BCUT2D eigenvalue weighted by atomic mass is 10.1. The Morgan fingerprint density at radius 2 is 1.55 bits per heavy atom. The number of hydrogen-bond acceptors (Lipinski definition) is 5. The molecule has 1 N–H and O–H groups in total. The quantitative estimate of drug-likeness (QED) is 0.532. The molecule has 3 aromatic carbocycles. The van der Waals surface area contributed by atoms with E-state index in [1.165, 1.54) is 5.56 Å². The van der Waals surface area contributed by atoms with Crippen molar-refractivity contribution < 1.29 is 19.0 Å². The Labute approximate surface area is 195 Å². The van der Waals surface area contributed by atoms with Crippen LogP contribution in [0.5, 0.6) is 17.2 Å². The number of nitrogens with one attached hydrogen (secondary N) is 1. The highest BCUT2D eigenvalue weighted by atomic mass is 16.5. The van der Waals surface area contributed by atoms with Gasteiger partial charge >= 0.3 is 0 Å². The van der Waals surface area contributed by atoms with Gasteiger partial charge in [-0.1, -0.05) is 60.7 Å². The predicted octanol–water partition coefficient (Wildman–Crippen LogP) is 4.29. The highest BCUT2D eigenvalue weighted by molar-refractivity contribution is 5.95. The monoisotopic (exact) mass is 446 g/mol. The molecule has 1 saturated heterocycles. The van der Waals surface area contributed by atoms with E-state index in [2.05, 4.69) is 34.5 Å². The summed E-state index contributed by atoms with van der Waals surface area (Å²) in [6.07, 6.45) is 0.922. The largest absolute Gasteiger partial charge is 0.493 e. The normalized spacial score (nSPS) is 15.8. The van der Waals surface area contributed by atoms with Gasteiger partial charge in [0.15, 0.2) is 11.5 Å². The Bertz CT molecular complexity index is 1030. The second-order valence-corrected chi connectivity index (χ2v) is 8.16. The molecule has 1 unspecified atom stereocenters. The van der Waals surface area contributed by atoms with Crippen LogP contribution < -0.4 is 19.5 Å². The predicted molar refractivity (Wildman–Crippen MR) is 128 cm³/mol. The molecule has 172 valence electrons. The number of nitrogens with zero attached hydrogens (tertiary/aromatic N) is 1. The zero-order valence-electron chi connectivity index (χ0n) is 19.1. The summed E-state index contributed by atoms with van der Waals surface area (Å²) in [5, 5.41) is 3.16. The van der Waals surface area contributed by atoms with Gasteiger partial charge in [-0.05, 0) is 29.7 Å². The Kier molecular flexibility index (Phi) is 7.47. The Balaban J connectivity index is 1.41. The van der Waals surface area contributed by atoms with Crippen molar-refractivity contribution in [3.05, 3.63) is 89.5 Å². The van der Waals surface area contributed by atoms with Gasteiger partial charge in [-0.2, -0.15) is 0 Å². The number of benzene rings is 3. The van der Waals surface area contributed by atoms with Gasteiger partial charge in [0.1, 0.15) is 6.61 Å². The van der Waals surface area contributed by atoms with Crippen molar-refractivity contribution in [2.75, 3.05) is 27.3 Å². The van der Waals surface area contributed by atoms with Gasteiger partial charge in [0.25, 0.3) is 5.91 Å².